The summed E-state index contributed by atoms with van der Waals surface area (Å²) >= 11 is 0. The van der Waals surface area contributed by atoms with Gasteiger partial charge in [-0.25, -0.2) is 10.1 Å². The summed E-state index contributed by atoms with van der Waals surface area (Å²) in [6.07, 6.45) is 0. The Bertz CT molecular complexity index is 685. The van der Waals surface area contributed by atoms with E-state index in [1.165, 1.54) is 0 Å². The van der Waals surface area contributed by atoms with Crippen molar-refractivity contribution in [3.8, 4) is 11.4 Å². The van der Waals surface area contributed by atoms with Gasteiger partial charge in [-0.2, -0.15) is 0 Å². The highest BCUT2D eigenvalue weighted by Crippen LogP contribution is 2.16. The third-order valence-electron chi connectivity index (χ3n) is 2.26. The fourth-order valence-corrected chi connectivity index (χ4v) is 1.50. The molecule has 0 unspecified atom stereocenters. The zero-order chi connectivity index (χ0) is 11.0. The average molecular weight is 213 g/mol. The highest BCUT2D eigenvalue weighted by atomic mass is 16.1. The van der Waals surface area contributed by atoms with Crippen molar-refractivity contribution in [2.45, 2.75) is 0 Å². The van der Waals surface area contributed by atoms with Gasteiger partial charge in [-0.3, -0.25) is 4.79 Å². The topological polar surface area (TPSA) is 87.3 Å². The number of hydrogen-bond donors (Lipinski definition) is 2. The third kappa shape index (κ3) is 1.28. The number of rotatable bonds is 1. The van der Waals surface area contributed by atoms with Crippen LogP contribution in [-0.4, -0.2) is 25.4 Å². The lowest BCUT2D eigenvalue weighted by Gasteiger charge is -1.92. The molecule has 1 aromatic carbocycles. The summed E-state index contributed by atoms with van der Waals surface area (Å²) in [5, 5.41) is 9.44. The predicted molar refractivity (Wildman–Crippen MR) is 57.7 cm³/mol. The molecule has 0 aliphatic heterocycles. The Kier molecular flexibility index (Phi) is 1.79. The summed E-state index contributed by atoms with van der Waals surface area (Å²) in [6, 6.07) is 9.52. The van der Waals surface area contributed by atoms with Crippen LogP contribution in [0.15, 0.2) is 35.1 Å². The quantitative estimate of drug-likeness (QED) is 0.623. The van der Waals surface area contributed by atoms with Gasteiger partial charge in [0, 0.05) is 5.56 Å². The van der Waals surface area contributed by atoms with Crippen LogP contribution in [-0.2, 0) is 0 Å². The van der Waals surface area contributed by atoms with Crippen molar-refractivity contribution >= 4 is 11.2 Å². The maximum atomic E-state index is 11.4. The van der Waals surface area contributed by atoms with E-state index in [0.29, 0.717) is 17.0 Å². The van der Waals surface area contributed by atoms with E-state index in [1.807, 2.05) is 30.3 Å². The summed E-state index contributed by atoms with van der Waals surface area (Å²) in [5.74, 6) is 0.613. The third-order valence-corrected chi connectivity index (χ3v) is 2.26. The monoisotopic (exact) mass is 213 g/mol. The van der Waals surface area contributed by atoms with Gasteiger partial charge in [-0.1, -0.05) is 35.5 Å². The molecule has 78 valence electrons. The molecule has 0 atom stereocenters. The Morgan fingerprint density at radius 1 is 1.12 bits per heavy atom. The van der Waals surface area contributed by atoms with Crippen molar-refractivity contribution < 1.29 is 0 Å². The Morgan fingerprint density at radius 3 is 2.69 bits per heavy atom. The molecule has 0 aliphatic rings. The summed E-state index contributed by atoms with van der Waals surface area (Å²) in [6.45, 7) is 0. The first-order valence-electron chi connectivity index (χ1n) is 4.71. The molecular weight excluding hydrogens is 206 g/mol. The molecule has 0 bridgehead atoms. The van der Waals surface area contributed by atoms with Gasteiger partial charge in [0.15, 0.2) is 5.52 Å². The summed E-state index contributed by atoms with van der Waals surface area (Å²) in [7, 11) is 0. The Labute approximate surface area is 89.4 Å². The summed E-state index contributed by atoms with van der Waals surface area (Å²) in [5.41, 5.74) is 1.25. The van der Waals surface area contributed by atoms with Gasteiger partial charge in [0.25, 0.3) is 5.56 Å². The van der Waals surface area contributed by atoms with Crippen molar-refractivity contribution in [3.05, 3.63) is 40.7 Å². The number of benzene rings is 1. The van der Waals surface area contributed by atoms with Crippen LogP contribution in [0.2, 0.25) is 0 Å². The average Bonchev–Trinajstić information content (AvgIpc) is 2.76. The van der Waals surface area contributed by atoms with Crippen molar-refractivity contribution in [3.63, 3.8) is 0 Å². The highest BCUT2D eigenvalue weighted by Gasteiger charge is 2.08. The van der Waals surface area contributed by atoms with Crippen LogP contribution in [0.5, 0.6) is 0 Å². The van der Waals surface area contributed by atoms with E-state index >= 15 is 0 Å². The highest BCUT2D eigenvalue weighted by molar-refractivity contribution is 5.74. The van der Waals surface area contributed by atoms with Gasteiger partial charge < -0.3 is 4.98 Å². The molecule has 0 spiro atoms. The minimum absolute atomic E-state index is 0.320. The molecular formula is C10H7N5O. The summed E-state index contributed by atoms with van der Waals surface area (Å²) < 4.78 is 0. The van der Waals surface area contributed by atoms with Gasteiger partial charge in [0.05, 0.1) is 0 Å². The van der Waals surface area contributed by atoms with Gasteiger partial charge >= 0.3 is 0 Å². The Balaban J connectivity index is 2.28. The van der Waals surface area contributed by atoms with Gasteiger partial charge in [-0.15, -0.1) is 5.10 Å². The first kappa shape index (κ1) is 8.78. The lowest BCUT2D eigenvalue weighted by Crippen LogP contribution is -2.09. The van der Waals surface area contributed by atoms with Crippen molar-refractivity contribution in [1.29, 1.82) is 0 Å². The predicted octanol–water partition coefficient (Wildman–Crippen LogP) is 0.708. The maximum Gasteiger partial charge on any atom is 0.293 e. The smallest absolute Gasteiger partial charge is 0.293 e. The molecule has 2 heterocycles. The van der Waals surface area contributed by atoms with E-state index in [0.717, 1.165) is 5.56 Å². The molecule has 0 saturated heterocycles. The van der Waals surface area contributed by atoms with Crippen LogP contribution in [0.4, 0.5) is 0 Å². The molecule has 0 radical (unpaired) electrons. The summed E-state index contributed by atoms with van der Waals surface area (Å²) in [4.78, 5) is 18.5. The molecule has 0 amide bonds. The minimum Gasteiger partial charge on any atom is -0.332 e. The lowest BCUT2D eigenvalue weighted by molar-refractivity contribution is 0.865. The van der Waals surface area contributed by atoms with Gasteiger partial charge in [-0.05, 0) is 0 Å². The zero-order valence-electron chi connectivity index (χ0n) is 8.14. The molecule has 6 nitrogen and oxygen atoms in total. The van der Waals surface area contributed by atoms with Crippen molar-refractivity contribution in [2.24, 2.45) is 0 Å². The number of hydrogen-bond acceptors (Lipinski definition) is 4. The fourth-order valence-electron chi connectivity index (χ4n) is 1.50. The molecule has 2 aromatic heterocycles. The molecule has 3 rings (SSSR count). The van der Waals surface area contributed by atoms with E-state index in [4.69, 9.17) is 0 Å². The number of aromatic nitrogens is 5. The standard InChI is InChI=1S/C10H7N5O/c16-10-7-9(13-15-14-10)12-8(11-7)6-4-2-1-3-5-6/h1-5H,(H2,11,12,13,14,16). The molecule has 0 fully saturated rings. The Hall–Kier alpha value is -2.50. The first-order valence-corrected chi connectivity index (χ1v) is 4.71. The van der Waals surface area contributed by atoms with Crippen LogP contribution in [0.1, 0.15) is 0 Å². The molecule has 3 aromatic rings. The molecule has 0 aliphatic carbocycles. The normalized spacial score (nSPS) is 10.8. The SMILES string of the molecule is O=c1[nH]nnc2nc(-c3ccccc3)[nH]c12. The fraction of sp³-hybridized carbons (Fsp3) is 0. The van der Waals surface area contributed by atoms with Crippen LogP contribution < -0.4 is 5.56 Å². The van der Waals surface area contributed by atoms with E-state index in [9.17, 15) is 4.79 Å². The van der Waals surface area contributed by atoms with Gasteiger partial charge in [0.1, 0.15) is 5.82 Å². The second-order valence-corrected chi connectivity index (χ2v) is 3.29. The molecule has 0 saturated carbocycles. The number of H-pyrrole nitrogens is 2. The lowest BCUT2D eigenvalue weighted by atomic mass is 10.2. The maximum absolute atomic E-state index is 11.4. The van der Waals surface area contributed by atoms with E-state index in [2.05, 4.69) is 25.4 Å². The Morgan fingerprint density at radius 2 is 1.94 bits per heavy atom. The van der Waals surface area contributed by atoms with E-state index in [1.54, 1.807) is 0 Å². The zero-order valence-corrected chi connectivity index (χ0v) is 8.14. The molecule has 2 N–H and O–H groups in total. The van der Waals surface area contributed by atoms with Crippen LogP contribution in [0, 0.1) is 0 Å². The van der Waals surface area contributed by atoms with E-state index in [-0.39, 0.29) is 5.56 Å². The second kappa shape index (κ2) is 3.27. The number of nitrogens with one attached hydrogen (secondary N) is 2. The largest absolute Gasteiger partial charge is 0.332 e. The van der Waals surface area contributed by atoms with E-state index < -0.39 is 0 Å². The number of fused-ring (bicyclic) bond motifs is 1. The number of nitrogens with zero attached hydrogens (tertiary/aromatic N) is 3. The molecule has 16 heavy (non-hydrogen) atoms. The van der Waals surface area contributed by atoms with Crippen LogP contribution >= 0.6 is 0 Å². The first-order chi connectivity index (χ1) is 7.84. The number of imidazole rings is 1. The minimum atomic E-state index is -0.320. The van der Waals surface area contributed by atoms with Crippen LogP contribution in [0.25, 0.3) is 22.6 Å². The van der Waals surface area contributed by atoms with Crippen molar-refractivity contribution in [2.75, 3.05) is 0 Å². The van der Waals surface area contributed by atoms with Gasteiger partial charge in [0.2, 0.25) is 5.65 Å². The van der Waals surface area contributed by atoms with Crippen LogP contribution in [0.3, 0.4) is 0 Å². The molecule has 6 heteroatoms. The second-order valence-electron chi connectivity index (χ2n) is 3.29. The number of aromatic amines is 2. The van der Waals surface area contributed by atoms with Crippen molar-refractivity contribution in [1.82, 2.24) is 25.4 Å².